The summed E-state index contributed by atoms with van der Waals surface area (Å²) in [5.74, 6) is 2.14. The molecule has 11 heteroatoms. The van der Waals surface area contributed by atoms with Crippen molar-refractivity contribution in [3.8, 4) is 10.7 Å². The summed E-state index contributed by atoms with van der Waals surface area (Å²) in [6.07, 6.45) is 8.11. The predicted octanol–water partition coefficient (Wildman–Crippen LogP) is 5.48. The number of pyridine rings is 1. The van der Waals surface area contributed by atoms with E-state index in [1.54, 1.807) is 0 Å². The second kappa shape index (κ2) is 9.67. The molecule has 0 aromatic carbocycles. The molecule has 0 aliphatic heterocycles. The first-order valence-corrected chi connectivity index (χ1v) is 13.4. The maximum absolute atomic E-state index is 12.7. The molecule has 1 aliphatic rings. The molecule has 4 aromatic rings. The summed E-state index contributed by atoms with van der Waals surface area (Å²) in [4.78, 5) is 30.9. The van der Waals surface area contributed by atoms with E-state index in [1.807, 2.05) is 13.1 Å². The molecule has 0 saturated heterocycles. The van der Waals surface area contributed by atoms with Gasteiger partial charge < -0.3 is 9.88 Å². The number of nitrogens with zero attached hydrogens (tertiary/aromatic N) is 6. The molecule has 0 unspecified atom stereocenters. The highest BCUT2D eigenvalue weighted by molar-refractivity contribution is 7.17. The van der Waals surface area contributed by atoms with Crippen molar-refractivity contribution in [1.82, 2.24) is 34.2 Å². The highest BCUT2D eigenvalue weighted by Gasteiger charge is 2.29. The third-order valence-corrected chi connectivity index (χ3v) is 7.95. The van der Waals surface area contributed by atoms with E-state index in [0.717, 1.165) is 65.5 Å². The van der Waals surface area contributed by atoms with Crippen LogP contribution < -0.4 is 5.32 Å². The van der Waals surface area contributed by atoms with E-state index >= 15 is 0 Å². The van der Waals surface area contributed by atoms with Crippen LogP contribution in [0.5, 0.6) is 0 Å². The number of imidazole rings is 1. The lowest BCUT2D eigenvalue weighted by molar-refractivity contribution is 0.0920. The molecular formula is C23H26ClN7OS2. The van der Waals surface area contributed by atoms with Crippen LogP contribution in [0, 0.1) is 12.8 Å². The summed E-state index contributed by atoms with van der Waals surface area (Å²) in [6.45, 7) is 6.31. The number of hydrogen-bond acceptors (Lipinski definition) is 8. The fraction of sp³-hybridized carbons (Fsp3) is 0.478. The molecule has 0 bridgehead atoms. The van der Waals surface area contributed by atoms with Crippen LogP contribution in [0.2, 0.25) is 4.34 Å². The summed E-state index contributed by atoms with van der Waals surface area (Å²) in [5, 5.41) is 4.40. The Morgan fingerprint density at radius 1 is 1.26 bits per heavy atom. The van der Waals surface area contributed by atoms with Crippen molar-refractivity contribution in [2.24, 2.45) is 5.92 Å². The summed E-state index contributed by atoms with van der Waals surface area (Å²) in [7, 11) is 0. The first-order valence-electron chi connectivity index (χ1n) is 11.5. The normalized spacial score (nSPS) is 18.6. The van der Waals surface area contributed by atoms with E-state index in [0.29, 0.717) is 15.3 Å². The van der Waals surface area contributed by atoms with Crippen LogP contribution in [0.1, 0.15) is 67.0 Å². The number of hydrogen-bond donors (Lipinski definition) is 1. The summed E-state index contributed by atoms with van der Waals surface area (Å²) in [6, 6.07) is 2.40. The molecule has 4 aromatic heterocycles. The predicted molar refractivity (Wildman–Crippen MR) is 136 cm³/mol. The van der Waals surface area contributed by atoms with E-state index in [1.165, 1.54) is 29.1 Å². The van der Waals surface area contributed by atoms with Crippen LogP contribution in [0.4, 0.5) is 0 Å². The van der Waals surface area contributed by atoms with Crippen molar-refractivity contribution in [1.29, 1.82) is 0 Å². The number of thiazole rings is 1. The molecule has 2 atom stereocenters. The molecule has 1 N–H and O–H groups in total. The lowest BCUT2D eigenvalue weighted by Gasteiger charge is -2.32. The number of carbonyl (C=O) groups is 1. The van der Waals surface area contributed by atoms with E-state index in [4.69, 9.17) is 16.6 Å². The lowest BCUT2D eigenvalue weighted by atomic mass is 9.90. The molecule has 4 heterocycles. The molecule has 1 aliphatic carbocycles. The van der Waals surface area contributed by atoms with Gasteiger partial charge in [0.15, 0.2) is 10.0 Å². The Morgan fingerprint density at radius 2 is 2.12 bits per heavy atom. The molecule has 0 radical (unpaired) electrons. The average Bonchev–Trinajstić information content (AvgIpc) is 3.51. The van der Waals surface area contributed by atoms with E-state index in [-0.39, 0.29) is 18.0 Å². The van der Waals surface area contributed by atoms with Crippen LogP contribution >= 0.6 is 34.5 Å². The maximum atomic E-state index is 12.7. The third kappa shape index (κ3) is 4.85. The number of carbonyl (C=O) groups excluding carboxylic acids is 1. The van der Waals surface area contributed by atoms with Gasteiger partial charge in [0.05, 0.1) is 17.9 Å². The van der Waals surface area contributed by atoms with Gasteiger partial charge >= 0.3 is 0 Å². The minimum Gasteiger partial charge on any atom is -0.347 e. The van der Waals surface area contributed by atoms with Crippen molar-refractivity contribution >= 4 is 51.4 Å². The number of nitrogens with one attached hydrogen (secondary N) is 1. The quantitative estimate of drug-likeness (QED) is 0.365. The fourth-order valence-corrected chi connectivity index (χ4v) is 6.07. The van der Waals surface area contributed by atoms with Gasteiger partial charge in [0.2, 0.25) is 0 Å². The number of aryl methyl sites for hydroxylation is 1. The zero-order valence-electron chi connectivity index (χ0n) is 19.3. The molecule has 1 amide bonds. The van der Waals surface area contributed by atoms with Crippen LogP contribution in [0.25, 0.3) is 21.7 Å². The minimum atomic E-state index is -0.154. The molecule has 1 saturated carbocycles. The van der Waals surface area contributed by atoms with Gasteiger partial charge in [-0.3, -0.25) is 9.78 Å². The lowest BCUT2D eigenvalue weighted by Crippen LogP contribution is -2.39. The van der Waals surface area contributed by atoms with Crippen molar-refractivity contribution in [2.45, 2.75) is 65.0 Å². The zero-order valence-corrected chi connectivity index (χ0v) is 21.7. The highest BCUT2D eigenvalue weighted by atomic mass is 35.5. The molecule has 5 rings (SSSR count). The van der Waals surface area contributed by atoms with Gasteiger partial charge in [-0.1, -0.05) is 36.8 Å². The Labute approximate surface area is 211 Å². The standard InChI is InChI=1S/C23H26ClN7OS2/c1-12(2)7-20-29-17-10-25-16(22-27-13(3)30-34-22)9-18(17)31(20)15-6-4-5-14(8-15)28-21(32)23-26-11-19(24)33-23/h9-12,14-15H,4-8H2,1-3H3,(H,28,32)/t14-,15+/m0/s1. The van der Waals surface area contributed by atoms with Gasteiger partial charge in [-0.05, 0) is 56.1 Å². The fourth-order valence-electron chi connectivity index (χ4n) is 4.62. The van der Waals surface area contributed by atoms with Crippen LogP contribution in [-0.2, 0) is 6.42 Å². The topological polar surface area (TPSA) is 98.5 Å². The number of aromatic nitrogens is 6. The number of amides is 1. The number of fused-ring (bicyclic) bond motifs is 1. The van der Waals surface area contributed by atoms with Crippen molar-refractivity contribution < 1.29 is 4.79 Å². The first kappa shape index (κ1) is 23.3. The Kier molecular flexibility index (Phi) is 6.63. The van der Waals surface area contributed by atoms with Gasteiger partial charge in [0.1, 0.15) is 27.2 Å². The summed E-state index contributed by atoms with van der Waals surface area (Å²) in [5.41, 5.74) is 2.78. The third-order valence-electron chi connectivity index (χ3n) is 6.01. The molecule has 0 spiro atoms. The Morgan fingerprint density at radius 3 is 2.82 bits per heavy atom. The first-order chi connectivity index (χ1) is 16.4. The number of rotatable bonds is 6. The van der Waals surface area contributed by atoms with Gasteiger partial charge in [0.25, 0.3) is 5.91 Å². The van der Waals surface area contributed by atoms with Crippen molar-refractivity contribution in [3.63, 3.8) is 0 Å². The number of halogens is 1. The molecular weight excluding hydrogens is 490 g/mol. The average molecular weight is 516 g/mol. The zero-order chi connectivity index (χ0) is 23.8. The van der Waals surface area contributed by atoms with Crippen LogP contribution in [0.3, 0.4) is 0 Å². The molecule has 8 nitrogen and oxygen atoms in total. The van der Waals surface area contributed by atoms with Gasteiger partial charge in [-0.2, -0.15) is 4.37 Å². The molecule has 178 valence electrons. The Hall–Kier alpha value is -2.43. The SMILES string of the molecule is Cc1nsc(-c2cc3c(cn2)nc(CC(C)C)n3[C@@H]2CCC[C@H](NC(=O)c3ncc(Cl)s3)C2)n1. The van der Waals surface area contributed by atoms with Gasteiger partial charge in [-0.25, -0.2) is 15.0 Å². The minimum absolute atomic E-state index is 0.0744. The monoisotopic (exact) mass is 515 g/mol. The molecule has 34 heavy (non-hydrogen) atoms. The van der Waals surface area contributed by atoms with Crippen molar-refractivity contribution in [3.05, 3.63) is 39.5 Å². The summed E-state index contributed by atoms with van der Waals surface area (Å²) < 4.78 is 7.21. The van der Waals surface area contributed by atoms with Crippen LogP contribution in [-0.4, -0.2) is 40.8 Å². The summed E-state index contributed by atoms with van der Waals surface area (Å²) >= 11 is 8.53. The van der Waals surface area contributed by atoms with Gasteiger partial charge in [-0.15, -0.1) is 0 Å². The van der Waals surface area contributed by atoms with E-state index < -0.39 is 0 Å². The smallest absolute Gasteiger partial charge is 0.280 e. The van der Waals surface area contributed by atoms with E-state index in [9.17, 15) is 4.79 Å². The second-order valence-corrected chi connectivity index (χ2v) is 11.6. The van der Waals surface area contributed by atoms with Gasteiger partial charge in [0, 0.05) is 18.5 Å². The second-order valence-electron chi connectivity index (χ2n) is 9.16. The Balaban J connectivity index is 1.46. The highest BCUT2D eigenvalue weighted by Crippen LogP contribution is 2.35. The molecule has 1 fully saturated rings. The maximum Gasteiger partial charge on any atom is 0.280 e. The van der Waals surface area contributed by atoms with E-state index in [2.05, 4.69) is 49.1 Å². The van der Waals surface area contributed by atoms with Crippen molar-refractivity contribution in [2.75, 3.05) is 0 Å². The largest absolute Gasteiger partial charge is 0.347 e. The van der Waals surface area contributed by atoms with Crippen LogP contribution in [0.15, 0.2) is 18.5 Å². The Bertz CT molecular complexity index is 1330.